The van der Waals surface area contributed by atoms with Crippen molar-refractivity contribution in [1.82, 2.24) is 0 Å². The molecule has 0 radical (unpaired) electrons. The summed E-state index contributed by atoms with van der Waals surface area (Å²) in [5.41, 5.74) is 6.89. The second-order valence-corrected chi connectivity index (χ2v) is 3.53. The zero-order valence-corrected chi connectivity index (χ0v) is 9.04. The Labute approximate surface area is 98.7 Å². The summed E-state index contributed by atoms with van der Waals surface area (Å²) in [6.45, 7) is 0. The minimum Gasteiger partial charge on any atom is -0.508 e. The lowest BCUT2D eigenvalue weighted by Gasteiger charge is -2.04. The molecule has 17 heavy (non-hydrogen) atoms. The number of phenols is 2. The maximum atomic E-state index is 9.62. The molecule has 0 spiro atoms. The van der Waals surface area contributed by atoms with Gasteiger partial charge in [-0.15, -0.1) is 0 Å². The van der Waals surface area contributed by atoms with Crippen LogP contribution in [0, 0.1) is 0 Å². The van der Waals surface area contributed by atoms with Gasteiger partial charge in [-0.2, -0.15) is 0 Å². The lowest BCUT2D eigenvalue weighted by molar-refractivity contribution is 0.450. The van der Waals surface area contributed by atoms with Crippen LogP contribution in [0.2, 0.25) is 0 Å². The van der Waals surface area contributed by atoms with Crippen LogP contribution in [0.3, 0.4) is 0 Å². The van der Waals surface area contributed by atoms with E-state index in [0.717, 1.165) is 0 Å². The monoisotopic (exact) mass is 228 g/mol. The number of phenolic OH excluding ortho intramolecular Hbond substituents is 2. The molecule has 0 atom stereocenters. The minimum absolute atomic E-state index is 0.0150. The first kappa shape index (κ1) is 11.0. The van der Waals surface area contributed by atoms with Crippen molar-refractivity contribution in [1.29, 1.82) is 0 Å². The van der Waals surface area contributed by atoms with Crippen molar-refractivity contribution in [2.24, 2.45) is 10.7 Å². The average molecular weight is 228 g/mol. The van der Waals surface area contributed by atoms with E-state index in [1.165, 1.54) is 18.2 Å². The largest absolute Gasteiger partial charge is 0.508 e. The van der Waals surface area contributed by atoms with Crippen LogP contribution in [0.4, 0.5) is 5.69 Å². The van der Waals surface area contributed by atoms with Gasteiger partial charge >= 0.3 is 0 Å². The molecule has 0 unspecified atom stereocenters. The fraction of sp³-hybridized carbons (Fsp3) is 0. The van der Waals surface area contributed by atoms with Gasteiger partial charge in [0.05, 0.1) is 11.3 Å². The van der Waals surface area contributed by atoms with Crippen LogP contribution in [0.15, 0.2) is 53.5 Å². The maximum Gasteiger partial charge on any atom is 0.135 e. The predicted molar refractivity (Wildman–Crippen MR) is 66.6 cm³/mol. The highest BCUT2D eigenvalue weighted by molar-refractivity contribution is 6.01. The normalized spacial score (nSPS) is 11.4. The third-order valence-corrected chi connectivity index (χ3v) is 2.26. The summed E-state index contributed by atoms with van der Waals surface area (Å²) in [5, 5.41) is 18.8. The topological polar surface area (TPSA) is 78.8 Å². The molecule has 4 heteroatoms. The van der Waals surface area contributed by atoms with E-state index in [4.69, 9.17) is 10.8 Å². The third-order valence-electron chi connectivity index (χ3n) is 2.26. The van der Waals surface area contributed by atoms with Gasteiger partial charge in [0, 0.05) is 6.07 Å². The Morgan fingerprint density at radius 1 is 1.00 bits per heavy atom. The first-order chi connectivity index (χ1) is 8.16. The molecule has 0 aromatic heterocycles. The molecule has 0 aliphatic carbocycles. The van der Waals surface area contributed by atoms with Gasteiger partial charge in [-0.3, -0.25) is 0 Å². The van der Waals surface area contributed by atoms with Crippen LogP contribution < -0.4 is 5.73 Å². The van der Waals surface area contributed by atoms with E-state index >= 15 is 0 Å². The lowest BCUT2D eigenvalue weighted by atomic mass is 10.1. The Bertz CT molecular complexity index is 551. The molecule has 0 amide bonds. The van der Waals surface area contributed by atoms with Crippen LogP contribution in [0.5, 0.6) is 11.5 Å². The molecule has 4 N–H and O–H groups in total. The second-order valence-electron chi connectivity index (χ2n) is 3.53. The van der Waals surface area contributed by atoms with Gasteiger partial charge in [0.25, 0.3) is 0 Å². The average Bonchev–Trinajstić information content (AvgIpc) is 2.30. The van der Waals surface area contributed by atoms with Crippen molar-refractivity contribution in [3.63, 3.8) is 0 Å². The fourth-order valence-electron chi connectivity index (χ4n) is 1.44. The Hall–Kier alpha value is -2.49. The van der Waals surface area contributed by atoms with E-state index in [1.54, 1.807) is 0 Å². The number of hydrogen-bond acceptors (Lipinski definition) is 3. The number of rotatable bonds is 2. The summed E-state index contributed by atoms with van der Waals surface area (Å²) in [5.74, 6) is 0.0923. The molecule has 86 valence electrons. The number of para-hydroxylation sites is 1. The van der Waals surface area contributed by atoms with Crippen molar-refractivity contribution in [3.8, 4) is 11.5 Å². The predicted octanol–water partition coefficient (Wildman–Crippen LogP) is 2.13. The molecule has 2 aromatic rings. The molecule has 0 bridgehead atoms. The smallest absolute Gasteiger partial charge is 0.135 e. The highest BCUT2D eigenvalue weighted by atomic mass is 16.3. The van der Waals surface area contributed by atoms with Crippen LogP contribution in [-0.4, -0.2) is 16.0 Å². The number of aromatic hydroxyl groups is 2. The van der Waals surface area contributed by atoms with Crippen molar-refractivity contribution in [2.75, 3.05) is 0 Å². The minimum atomic E-state index is -0.0952. The summed E-state index contributed by atoms with van der Waals surface area (Å²) < 4.78 is 0. The molecule has 2 aromatic carbocycles. The number of aliphatic imine (C=N–C) groups is 1. The first-order valence-corrected chi connectivity index (χ1v) is 5.08. The number of benzene rings is 2. The fourth-order valence-corrected chi connectivity index (χ4v) is 1.44. The van der Waals surface area contributed by atoms with Crippen molar-refractivity contribution in [3.05, 3.63) is 54.1 Å². The maximum absolute atomic E-state index is 9.62. The number of hydrogen-bond donors (Lipinski definition) is 3. The number of nitrogens with two attached hydrogens (primary N) is 1. The van der Waals surface area contributed by atoms with E-state index in [1.807, 2.05) is 30.3 Å². The summed E-state index contributed by atoms with van der Waals surface area (Å²) in [4.78, 5) is 4.17. The summed E-state index contributed by atoms with van der Waals surface area (Å²) in [6.07, 6.45) is 0. The molecule has 0 saturated heterocycles. The highest BCUT2D eigenvalue weighted by Gasteiger charge is 2.06. The molecule has 4 nitrogen and oxygen atoms in total. The number of nitrogens with zero attached hydrogens (tertiary/aromatic N) is 1. The Morgan fingerprint density at radius 3 is 2.35 bits per heavy atom. The standard InChI is InChI=1S/C13H12N2O2/c14-13(15-9-4-2-1-3-5-9)11-7-6-10(16)8-12(11)17/h1-8,16-17H,(H2,14,15). The van der Waals surface area contributed by atoms with Gasteiger partial charge in [-0.25, -0.2) is 4.99 Å². The van der Waals surface area contributed by atoms with Crippen molar-refractivity contribution >= 4 is 11.5 Å². The van der Waals surface area contributed by atoms with Crippen molar-refractivity contribution < 1.29 is 10.2 Å². The summed E-state index contributed by atoms with van der Waals surface area (Å²) >= 11 is 0. The van der Waals surface area contributed by atoms with Crippen LogP contribution >= 0.6 is 0 Å². The Kier molecular flexibility index (Phi) is 2.96. The van der Waals surface area contributed by atoms with Gasteiger partial charge in [0.15, 0.2) is 0 Å². The second kappa shape index (κ2) is 4.57. The molecule has 0 saturated carbocycles. The van der Waals surface area contributed by atoms with E-state index in [2.05, 4.69) is 4.99 Å². The lowest BCUT2D eigenvalue weighted by Crippen LogP contribution is -2.12. The van der Waals surface area contributed by atoms with Crippen LogP contribution in [0.1, 0.15) is 5.56 Å². The molecular formula is C13H12N2O2. The molecule has 0 heterocycles. The molecule has 2 rings (SSSR count). The van der Waals surface area contributed by atoms with Gasteiger partial charge in [-0.1, -0.05) is 18.2 Å². The van der Waals surface area contributed by atoms with E-state index in [0.29, 0.717) is 11.3 Å². The van der Waals surface area contributed by atoms with Crippen LogP contribution in [-0.2, 0) is 0 Å². The molecule has 0 aliphatic heterocycles. The third kappa shape index (κ3) is 2.55. The quantitative estimate of drug-likeness (QED) is 0.544. The number of amidine groups is 1. The molecular weight excluding hydrogens is 216 g/mol. The van der Waals surface area contributed by atoms with E-state index in [-0.39, 0.29) is 17.3 Å². The zero-order valence-electron chi connectivity index (χ0n) is 9.04. The van der Waals surface area contributed by atoms with Gasteiger partial charge in [-0.05, 0) is 24.3 Å². The first-order valence-electron chi connectivity index (χ1n) is 5.08. The van der Waals surface area contributed by atoms with E-state index < -0.39 is 0 Å². The van der Waals surface area contributed by atoms with Gasteiger partial charge in [0.2, 0.25) is 0 Å². The van der Waals surface area contributed by atoms with Gasteiger partial charge in [0.1, 0.15) is 17.3 Å². The summed E-state index contributed by atoms with van der Waals surface area (Å²) in [7, 11) is 0. The Balaban J connectivity index is 2.37. The highest BCUT2D eigenvalue weighted by Crippen LogP contribution is 2.23. The van der Waals surface area contributed by atoms with Gasteiger partial charge < -0.3 is 15.9 Å². The zero-order chi connectivity index (χ0) is 12.3. The van der Waals surface area contributed by atoms with Crippen molar-refractivity contribution in [2.45, 2.75) is 0 Å². The van der Waals surface area contributed by atoms with Crippen LogP contribution in [0.25, 0.3) is 0 Å². The summed E-state index contributed by atoms with van der Waals surface area (Å²) in [6, 6.07) is 13.4. The van der Waals surface area contributed by atoms with E-state index in [9.17, 15) is 5.11 Å². The molecule has 0 aliphatic rings. The Morgan fingerprint density at radius 2 is 1.71 bits per heavy atom. The molecule has 0 fully saturated rings. The SMILES string of the molecule is NC(=Nc1ccccc1)c1ccc(O)cc1O.